The van der Waals surface area contributed by atoms with Gasteiger partial charge in [-0.15, -0.1) is 0 Å². The van der Waals surface area contributed by atoms with E-state index in [1.807, 2.05) is 44.2 Å². The van der Waals surface area contributed by atoms with E-state index in [9.17, 15) is 4.79 Å². The van der Waals surface area contributed by atoms with Gasteiger partial charge in [-0.1, -0.05) is 12.1 Å². The third-order valence-electron chi connectivity index (χ3n) is 6.75. The standard InChI is InChI=1S/C27H34N4O3/c1-17(2)29-27(32)30-19-10-8-18(9-11-19)26-25(28)23-13-12-21(34-16-22-7-4-14-33-22)15-24(23)31(26)20-5-3-6-20/h8-13,15,17,20,22H,3-7,14,16,28H2,1-2H3,(H2,29,30,32). The molecule has 2 amide bonds. The number of benzene rings is 2. The van der Waals surface area contributed by atoms with E-state index in [4.69, 9.17) is 15.2 Å². The van der Waals surface area contributed by atoms with E-state index in [2.05, 4.69) is 27.3 Å². The Labute approximate surface area is 200 Å². The lowest BCUT2D eigenvalue weighted by atomic mass is 9.92. The SMILES string of the molecule is CC(C)NC(=O)Nc1ccc(-c2c(N)c3ccc(OCC4CCCO4)cc3n2C2CCC2)cc1. The summed E-state index contributed by atoms with van der Waals surface area (Å²) in [5.41, 5.74) is 11.4. The van der Waals surface area contributed by atoms with Gasteiger partial charge in [0.15, 0.2) is 0 Å². The summed E-state index contributed by atoms with van der Waals surface area (Å²) in [6.45, 7) is 5.28. The van der Waals surface area contributed by atoms with Crippen LogP contribution in [0.5, 0.6) is 5.75 Å². The molecule has 2 heterocycles. The zero-order valence-electron chi connectivity index (χ0n) is 20.0. The third kappa shape index (κ3) is 4.57. The Kier molecular flexibility index (Phi) is 6.37. The molecule has 1 aliphatic carbocycles. The van der Waals surface area contributed by atoms with Gasteiger partial charge in [-0.2, -0.15) is 0 Å². The van der Waals surface area contributed by atoms with Gasteiger partial charge in [0, 0.05) is 41.4 Å². The molecule has 2 fully saturated rings. The Hall–Kier alpha value is -3.19. The number of nitrogens with zero attached hydrogens (tertiary/aromatic N) is 1. The summed E-state index contributed by atoms with van der Waals surface area (Å²) in [6.07, 6.45) is 5.87. The van der Waals surface area contributed by atoms with Crippen molar-refractivity contribution >= 4 is 28.3 Å². The molecule has 7 heteroatoms. The van der Waals surface area contributed by atoms with E-state index in [1.54, 1.807) is 0 Å². The van der Waals surface area contributed by atoms with Crippen molar-refractivity contribution in [3.05, 3.63) is 42.5 Å². The highest BCUT2D eigenvalue weighted by atomic mass is 16.5. The molecule has 5 rings (SSSR count). The van der Waals surface area contributed by atoms with Crippen molar-refractivity contribution < 1.29 is 14.3 Å². The van der Waals surface area contributed by atoms with Crippen LogP contribution in [0.4, 0.5) is 16.2 Å². The van der Waals surface area contributed by atoms with Crippen LogP contribution in [0.15, 0.2) is 42.5 Å². The van der Waals surface area contributed by atoms with Gasteiger partial charge in [0.2, 0.25) is 0 Å². The van der Waals surface area contributed by atoms with Crippen molar-refractivity contribution in [2.24, 2.45) is 0 Å². The van der Waals surface area contributed by atoms with Crippen LogP contribution in [0.25, 0.3) is 22.2 Å². The Morgan fingerprint density at radius 1 is 1.15 bits per heavy atom. The average molecular weight is 463 g/mol. The molecule has 0 bridgehead atoms. The Morgan fingerprint density at radius 2 is 1.94 bits per heavy atom. The molecule has 4 N–H and O–H groups in total. The fourth-order valence-corrected chi connectivity index (χ4v) is 4.83. The maximum atomic E-state index is 12.0. The number of ether oxygens (including phenoxy) is 2. The van der Waals surface area contributed by atoms with Crippen LogP contribution in [-0.2, 0) is 4.74 Å². The average Bonchev–Trinajstić information content (AvgIpc) is 3.38. The number of aromatic nitrogens is 1. The van der Waals surface area contributed by atoms with Gasteiger partial charge in [0.1, 0.15) is 12.4 Å². The Bertz CT molecular complexity index is 1160. The van der Waals surface area contributed by atoms with Crippen LogP contribution in [-0.4, -0.2) is 36.0 Å². The number of carbonyl (C=O) groups is 1. The van der Waals surface area contributed by atoms with Gasteiger partial charge in [-0.3, -0.25) is 0 Å². The van der Waals surface area contributed by atoms with Gasteiger partial charge < -0.3 is 30.4 Å². The molecule has 3 aromatic rings. The number of rotatable bonds is 7. The Balaban J connectivity index is 1.45. The van der Waals surface area contributed by atoms with Crippen molar-refractivity contribution in [2.45, 2.75) is 64.1 Å². The highest BCUT2D eigenvalue weighted by Crippen LogP contribution is 2.45. The Morgan fingerprint density at radius 3 is 2.59 bits per heavy atom. The topological polar surface area (TPSA) is 90.5 Å². The van der Waals surface area contributed by atoms with E-state index in [0.29, 0.717) is 12.6 Å². The summed E-state index contributed by atoms with van der Waals surface area (Å²) in [7, 11) is 0. The van der Waals surface area contributed by atoms with E-state index in [0.717, 1.165) is 71.6 Å². The predicted octanol–water partition coefficient (Wildman–Crippen LogP) is 5.70. The van der Waals surface area contributed by atoms with Gasteiger partial charge in [0.25, 0.3) is 0 Å². The molecule has 1 unspecified atom stereocenters. The fraction of sp³-hybridized carbons (Fsp3) is 0.444. The number of nitrogens with one attached hydrogen (secondary N) is 2. The second-order valence-corrected chi connectivity index (χ2v) is 9.67. The first-order valence-corrected chi connectivity index (χ1v) is 12.4. The number of carbonyl (C=O) groups excluding carboxylic acids is 1. The molecule has 2 aromatic carbocycles. The molecule has 7 nitrogen and oxygen atoms in total. The van der Waals surface area contributed by atoms with Crippen molar-refractivity contribution in [3.8, 4) is 17.0 Å². The number of fused-ring (bicyclic) bond motifs is 1. The smallest absolute Gasteiger partial charge is 0.319 e. The summed E-state index contributed by atoms with van der Waals surface area (Å²) in [5.74, 6) is 0.850. The lowest BCUT2D eigenvalue weighted by molar-refractivity contribution is 0.0680. The minimum atomic E-state index is -0.207. The number of hydrogen-bond donors (Lipinski definition) is 3. The molecule has 1 saturated carbocycles. The fourth-order valence-electron chi connectivity index (χ4n) is 4.83. The van der Waals surface area contributed by atoms with E-state index in [1.165, 1.54) is 6.42 Å². The largest absolute Gasteiger partial charge is 0.491 e. The van der Waals surface area contributed by atoms with Gasteiger partial charge in [-0.05, 0) is 70.2 Å². The molecule has 1 aromatic heterocycles. The molecule has 1 saturated heterocycles. The third-order valence-corrected chi connectivity index (χ3v) is 6.75. The van der Waals surface area contributed by atoms with Crippen LogP contribution >= 0.6 is 0 Å². The van der Waals surface area contributed by atoms with Gasteiger partial charge in [-0.25, -0.2) is 4.79 Å². The van der Waals surface area contributed by atoms with E-state index >= 15 is 0 Å². The molecule has 1 aliphatic heterocycles. The quantitative estimate of drug-likeness (QED) is 0.420. The molecular formula is C27H34N4O3. The molecule has 0 radical (unpaired) electrons. The summed E-state index contributed by atoms with van der Waals surface area (Å²) in [5, 5.41) is 6.77. The second kappa shape index (κ2) is 9.58. The highest BCUT2D eigenvalue weighted by molar-refractivity contribution is 6.02. The zero-order chi connectivity index (χ0) is 23.7. The zero-order valence-corrected chi connectivity index (χ0v) is 20.0. The van der Waals surface area contributed by atoms with E-state index < -0.39 is 0 Å². The van der Waals surface area contributed by atoms with Gasteiger partial charge in [0.05, 0.1) is 23.0 Å². The maximum Gasteiger partial charge on any atom is 0.319 e. The first-order chi connectivity index (χ1) is 16.5. The minimum Gasteiger partial charge on any atom is -0.491 e. The van der Waals surface area contributed by atoms with Crippen LogP contribution < -0.4 is 21.1 Å². The van der Waals surface area contributed by atoms with Crippen LogP contribution in [0.1, 0.15) is 52.0 Å². The van der Waals surface area contributed by atoms with Crippen molar-refractivity contribution in [3.63, 3.8) is 0 Å². The number of urea groups is 1. The van der Waals surface area contributed by atoms with Crippen molar-refractivity contribution in [2.75, 3.05) is 24.3 Å². The number of nitrogens with two attached hydrogens (primary N) is 1. The first-order valence-electron chi connectivity index (χ1n) is 12.4. The number of anilines is 2. The highest BCUT2D eigenvalue weighted by Gasteiger charge is 2.27. The molecular weight excluding hydrogens is 428 g/mol. The normalized spacial score (nSPS) is 18.3. The monoisotopic (exact) mass is 462 g/mol. The molecule has 2 aliphatic rings. The molecule has 0 spiro atoms. The number of nitrogen functional groups attached to an aromatic ring is 1. The summed E-state index contributed by atoms with van der Waals surface area (Å²) >= 11 is 0. The van der Waals surface area contributed by atoms with E-state index in [-0.39, 0.29) is 18.2 Å². The summed E-state index contributed by atoms with van der Waals surface area (Å²) in [6, 6.07) is 14.4. The van der Waals surface area contributed by atoms with Crippen molar-refractivity contribution in [1.29, 1.82) is 0 Å². The van der Waals surface area contributed by atoms with Crippen molar-refractivity contribution in [1.82, 2.24) is 9.88 Å². The second-order valence-electron chi connectivity index (χ2n) is 9.67. The molecule has 1 atom stereocenters. The van der Waals surface area contributed by atoms with Crippen LogP contribution in [0.2, 0.25) is 0 Å². The van der Waals surface area contributed by atoms with Crippen LogP contribution in [0.3, 0.4) is 0 Å². The lowest BCUT2D eigenvalue weighted by Crippen LogP contribution is -2.34. The number of amides is 2. The lowest BCUT2D eigenvalue weighted by Gasteiger charge is -2.30. The summed E-state index contributed by atoms with van der Waals surface area (Å²) < 4.78 is 14.2. The molecule has 34 heavy (non-hydrogen) atoms. The first kappa shape index (κ1) is 22.6. The predicted molar refractivity (Wildman–Crippen MR) is 136 cm³/mol. The number of hydrogen-bond acceptors (Lipinski definition) is 4. The maximum absolute atomic E-state index is 12.0. The molecule has 180 valence electrons. The summed E-state index contributed by atoms with van der Waals surface area (Å²) in [4.78, 5) is 12.0. The van der Waals surface area contributed by atoms with Gasteiger partial charge >= 0.3 is 6.03 Å². The minimum absolute atomic E-state index is 0.0804. The van der Waals surface area contributed by atoms with Crippen LogP contribution in [0, 0.1) is 0 Å².